The van der Waals surface area contributed by atoms with E-state index >= 15 is 0 Å². The minimum Gasteiger partial charge on any atom is -0.357 e. The molecule has 1 atom stereocenters. The van der Waals surface area contributed by atoms with Gasteiger partial charge in [0, 0.05) is 22.6 Å². The lowest BCUT2D eigenvalue weighted by molar-refractivity contribution is 0.634. The zero-order valence-corrected chi connectivity index (χ0v) is 9.81. The van der Waals surface area contributed by atoms with Crippen molar-refractivity contribution in [3.63, 3.8) is 0 Å². The van der Waals surface area contributed by atoms with Gasteiger partial charge in [-0.05, 0) is 45.0 Å². The molecule has 0 spiro atoms. The standard InChI is InChI=1S/C13H18N2/c1-8-5-6-11-9(2)13(10(3)14-4)15-12(11)7-8/h5-7,10,14-15H,1-4H3. The Morgan fingerprint density at radius 2 is 2.00 bits per heavy atom. The summed E-state index contributed by atoms with van der Waals surface area (Å²) < 4.78 is 0. The number of aryl methyl sites for hydroxylation is 2. The van der Waals surface area contributed by atoms with Crippen LogP contribution in [0, 0.1) is 13.8 Å². The highest BCUT2D eigenvalue weighted by Crippen LogP contribution is 2.26. The van der Waals surface area contributed by atoms with Crippen LogP contribution in [0.2, 0.25) is 0 Å². The van der Waals surface area contributed by atoms with Crippen molar-refractivity contribution in [1.29, 1.82) is 0 Å². The van der Waals surface area contributed by atoms with E-state index in [2.05, 4.69) is 49.3 Å². The van der Waals surface area contributed by atoms with Crippen LogP contribution in [0.4, 0.5) is 0 Å². The molecular weight excluding hydrogens is 184 g/mol. The normalized spacial score (nSPS) is 13.3. The summed E-state index contributed by atoms with van der Waals surface area (Å²) in [5.74, 6) is 0. The van der Waals surface area contributed by atoms with Crippen LogP contribution in [0.15, 0.2) is 18.2 Å². The summed E-state index contributed by atoms with van der Waals surface area (Å²) in [6.45, 7) is 6.47. The van der Waals surface area contributed by atoms with Crippen LogP contribution in [0.5, 0.6) is 0 Å². The van der Waals surface area contributed by atoms with E-state index in [-0.39, 0.29) is 0 Å². The maximum absolute atomic E-state index is 3.49. The van der Waals surface area contributed by atoms with Crippen LogP contribution in [-0.2, 0) is 0 Å². The second kappa shape index (κ2) is 3.70. The van der Waals surface area contributed by atoms with Crippen molar-refractivity contribution in [2.75, 3.05) is 7.05 Å². The maximum Gasteiger partial charge on any atom is 0.0461 e. The molecular formula is C13H18N2. The summed E-state index contributed by atoms with van der Waals surface area (Å²) in [5, 5.41) is 4.60. The van der Waals surface area contributed by atoms with Crippen molar-refractivity contribution < 1.29 is 0 Å². The van der Waals surface area contributed by atoms with E-state index < -0.39 is 0 Å². The smallest absolute Gasteiger partial charge is 0.0461 e. The Morgan fingerprint density at radius 3 is 2.67 bits per heavy atom. The summed E-state index contributed by atoms with van der Waals surface area (Å²) in [6.07, 6.45) is 0. The van der Waals surface area contributed by atoms with Crippen molar-refractivity contribution in [2.45, 2.75) is 26.8 Å². The number of fused-ring (bicyclic) bond motifs is 1. The maximum atomic E-state index is 3.49. The van der Waals surface area contributed by atoms with Gasteiger partial charge in [-0.1, -0.05) is 12.1 Å². The lowest BCUT2D eigenvalue weighted by Crippen LogP contribution is -2.13. The molecule has 2 rings (SSSR count). The van der Waals surface area contributed by atoms with Gasteiger partial charge in [0.05, 0.1) is 0 Å². The quantitative estimate of drug-likeness (QED) is 0.769. The number of aromatic nitrogens is 1. The number of H-pyrrole nitrogens is 1. The first-order chi connectivity index (χ1) is 7.13. The van der Waals surface area contributed by atoms with E-state index in [1.165, 1.54) is 27.7 Å². The molecule has 2 N–H and O–H groups in total. The number of hydrogen-bond acceptors (Lipinski definition) is 1. The van der Waals surface area contributed by atoms with Gasteiger partial charge in [0.25, 0.3) is 0 Å². The van der Waals surface area contributed by atoms with E-state index in [4.69, 9.17) is 0 Å². The van der Waals surface area contributed by atoms with Gasteiger partial charge >= 0.3 is 0 Å². The van der Waals surface area contributed by atoms with Crippen molar-refractivity contribution in [3.8, 4) is 0 Å². The van der Waals surface area contributed by atoms with Gasteiger partial charge in [-0.3, -0.25) is 0 Å². The van der Waals surface area contributed by atoms with Crippen LogP contribution in [0.3, 0.4) is 0 Å². The Labute approximate surface area is 90.7 Å². The number of nitrogens with one attached hydrogen (secondary N) is 2. The fourth-order valence-electron chi connectivity index (χ4n) is 2.05. The van der Waals surface area contributed by atoms with Gasteiger partial charge in [-0.25, -0.2) is 0 Å². The number of hydrogen-bond donors (Lipinski definition) is 2. The Bertz CT molecular complexity index is 482. The highest BCUT2D eigenvalue weighted by atomic mass is 14.9. The monoisotopic (exact) mass is 202 g/mol. The molecule has 2 heteroatoms. The first-order valence-electron chi connectivity index (χ1n) is 5.39. The number of rotatable bonds is 2. The topological polar surface area (TPSA) is 27.8 Å². The van der Waals surface area contributed by atoms with E-state index in [1.807, 2.05) is 7.05 Å². The largest absolute Gasteiger partial charge is 0.357 e. The van der Waals surface area contributed by atoms with Crippen molar-refractivity contribution in [3.05, 3.63) is 35.0 Å². The minimum absolute atomic E-state index is 0.373. The molecule has 0 aliphatic heterocycles. The third-order valence-electron chi connectivity index (χ3n) is 3.12. The van der Waals surface area contributed by atoms with Crippen LogP contribution in [-0.4, -0.2) is 12.0 Å². The molecule has 0 bridgehead atoms. The summed E-state index contributed by atoms with van der Waals surface area (Å²) in [4.78, 5) is 3.49. The molecule has 2 aromatic rings. The van der Waals surface area contributed by atoms with Crippen molar-refractivity contribution >= 4 is 10.9 Å². The summed E-state index contributed by atoms with van der Waals surface area (Å²) in [6, 6.07) is 6.94. The van der Waals surface area contributed by atoms with Crippen molar-refractivity contribution in [2.24, 2.45) is 0 Å². The average Bonchev–Trinajstić information content (AvgIpc) is 2.54. The third kappa shape index (κ3) is 1.65. The van der Waals surface area contributed by atoms with Gasteiger partial charge in [0.1, 0.15) is 0 Å². The molecule has 1 aromatic heterocycles. The second-order valence-corrected chi connectivity index (χ2v) is 4.22. The Morgan fingerprint density at radius 1 is 1.27 bits per heavy atom. The third-order valence-corrected chi connectivity index (χ3v) is 3.12. The van der Waals surface area contributed by atoms with E-state index in [1.54, 1.807) is 0 Å². The average molecular weight is 202 g/mol. The lowest BCUT2D eigenvalue weighted by atomic mass is 10.1. The molecule has 15 heavy (non-hydrogen) atoms. The van der Waals surface area contributed by atoms with Crippen LogP contribution in [0.1, 0.15) is 29.8 Å². The zero-order valence-electron chi connectivity index (χ0n) is 9.81. The van der Waals surface area contributed by atoms with E-state index in [9.17, 15) is 0 Å². The van der Waals surface area contributed by atoms with Gasteiger partial charge in [0.15, 0.2) is 0 Å². The van der Waals surface area contributed by atoms with Crippen molar-refractivity contribution in [1.82, 2.24) is 10.3 Å². The predicted molar refractivity (Wildman–Crippen MR) is 65.2 cm³/mol. The molecule has 1 aromatic carbocycles. The highest BCUT2D eigenvalue weighted by molar-refractivity contribution is 5.85. The molecule has 0 aliphatic carbocycles. The van der Waals surface area contributed by atoms with Crippen LogP contribution in [0.25, 0.3) is 10.9 Å². The fraction of sp³-hybridized carbons (Fsp3) is 0.385. The SMILES string of the molecule is CNC(C)c1[nH]c2cc(C)ccc2c1C. The molecule has 0 aliphatic rings. The van der Waals surface area contributed by atoms with Crippen LogP contribution >= 0.6 is 0 Å². The highest BCUT2D eigenvalue weighted by Gasteiger charge is 2.11. The molecule has 0 amide bonds. The molecule has 0 saturated carbocycles. The van der Waals surface area contributed by atoms with Gasteiger partial charge in [-0.15, -0.1) is 0 Å². The van der Waals surface area contributed by atoms with E-state index in [0.717, 1.165) is 0 Å². The molecule has 80 valence electrons. The molecule has 0 fully saturated rings. The number of benzene rings is 1. The summed E-state index contributed by atoms with van der Waals surface area (Å²) >= 11 is 0. The first kappa shape index (κ1) is 10.2. The molecule has 1 unspecified atom stereocenters. The summed E-state index contributed by atoms with van der Waals surface area (Å²) in [5.41, 5.74) is 5.18. The van der Waals surface area contributed by atoms with Gasteiger partial charge < -0.3 is 10.3 Å². The minimum atomic E-state index is 0.373. The van der Waals surface area contributed by atoms with E-state index in [0.29, 0.717) is 6.04 Å². The lowest BCUT2D eigenvalue weighted by Gasteiger charge is -2.08. The second-order valence-electron chi connectivity index (χ2n) is 4.22. The van der Waals surface area contributed by atoms with Gasteiger partial charge in [-0.2, -0.15) is 0 Å². The Balaban J connectivity index is 2.63. The predicted octanol–water partition coefficient (Wildman–Crippen LogP) is 3.07. The summed E-state index contributed by atoms with van der Waals surface area (Å²) in [7, 11) is 1.99. The Kier molecular flexibility index (Phi) is 2.53. The molecule has 1 heterocycles. The Hall–Kier alpha value is -1.28. The molecule has 0 radical (unpaired) electrons. The molecule has 2 nitrogen and oxygen atoms in total. The number of aromatic amines is 1. The fourth-order valence-corrected chi connectivity index (χ4v) is 2.05. The van der Waals surface area contributed by atoms with Gasteiger partial charge in [0.2, 0.25) is 0 Å². The van der Waals surface area contributed by atoms with Crippen LogP contribution < -0.4 is 5.32 Å². The zero-order chi connectivity index (χ0) is 11.0. The molecule has 0 saturated heterocycles. The first-order valence-corrected chi connectivity index (χ1v) is 5.39.